The number of anilines is 1. The summed E-state index contributed by atoms with van der Waals surface area (Å²) in [4.78, 5) is 26.0. The highest BCUT2D eigenvalue weighted by atomic mass is 16.5. The maximum Gasteiger partial charge on any atom is 0.260 e. The van der Waals surface area contributed by atoms with Crippen LogP contribution in [-0.4, -0.2) is 43.5 Å². The molecule has 2 amide bonds. The maximum atomic E-state index is 12.3. The SMILES string of the molecule is CCN(CC(=O)Nc1cccc(OC)c1)C(=O)COc1cccc(C)c1. The molecule has 0 fully saturated rings. The van der Waals surface area contributed by atoms with Crippen molar-refractivity contribution in [2.45, 2.75) is 13.8 Å². The third-order valence-electron chi connectivity index (χ3n) is 3.77. The Morgan fingerprint density at radius 1 is 1.08 bits per heavy atom. The van der Waals surface area contributed by atoms with Crippen LogP contribution in [0.15, 0.2) is 48.5 Å². The summed E-state index contributed by atoms with van der Waals surface area (Å²) in [6, 6.07) is 14.5. The Morgan fingerprint density at radius 2 is 1.81 bits per heavy atom. The monoisotopic (exact) mass is 356 g/mol. The van der Waals surface area contributed by atoms with Crippen LogP contribution in [0, 0.1) is 6.92 Å². The second-order valence-electron chi connectivity index (χ2n) is 5.79. The number of hydrogen-bond acceptors (Lipinski definition) is 4. The number of methoxy groups -OCH3 is 1. The van der Waals surface area contributed by atoms with E-state index in [-0.39, 0.29) is 25.0 Å². The molecule has 0 aliphatic carbocycles. The van der Waals surface area contributed by atoms with E-state index in [9.17, 15) is 9.59 Å². The van der Waals surface area contributed by atoms with Gasteiger partial charge in [0.15, 0.2) is 6.61 Å². The first-order chi connectivity index (χ1) is 12.5. The Bertz CT molecular complexity index is 761. The van der Waals surface area contributed by atoms with Crippen molar-refractivity contribution < 1.29 is 19.1 Å². The molecule has 0 saturated heterocycles. The number of likely N-dealkylation sites (N-methyl/N-ethyl adjacent to an activating group) is 1. The fourth-order valence-corrected chi connectivity index (χ4v) is 2.39. The van der Waals surface area contributed by atoms with E-state index in [1.165, 1.54) is 4.90 Å². The van der Waals surface area contributed by atoms with Crippen LogP contribution in [0.25, 0.3) is 0 Å². The van der Waals surface area contributed by atoms with Gasteiger partial charge >= 0.3 is 0 Å². The lowest BCUT2D eigenvalue weighted by molar-refractivity contribution is -0.136. The molecule has 2 rings (SSSR count). The molecule has 1 N–H and O–H groups in total. The van der Waals surface area contributed by atoms with Crippen molar-refractivity contribution in [1.82, 2.24) is 4.90 Å². The molecule has 0 saturated carbocycles. The van der Waals surface area contributed by atoms with E-state index < -0.39 is 0 Å². The van der Waals surface area contributed by atoms with Gasteiger partial charge in [-0.2, -0.15) is 0 Å². The molecule has 138 valence electrons. The Hall–Kier alpha value is -3.02. The molecule has 6 nitrogen and oxygen atoms in total. The van der Waals surface area contributed by atoms with Crippen LogP contribution in [0.4, 0.5) is 5.69 Å². The van der Waals surface area contributed by atoms with E-state index in [0.717, 1.165) is 5.56 Å². The molecule has 0 unspecified atom stereocenters. The summed E-state index contributed by atoms with van der Waals surface area (Å²) < 4.78 is 10.6. The molecule has 2 aromatic rings. The Morgan fingerprint density at radius 3 is 2.50 bits per heavy atom. The van der Waals surface area contributed by atoms with Gasteiger partial charge in [0.25, 0.3) is 5.91 Å². The number of nitrogens with one attached hydrogen (secondary N) is 1. The Balaban J connectivity index is 1.88. The number of benzene rings is 2. The summed E-state index contributed by atoms with van der Waals surface area (Å²) in [5.41, 5.74) is 1.67. The van der Waals surface area contributed by atoms with E-state index in [4.69, 9.17) is 9.47 Å². The van der Waals surface area contributed by atoms with E-state index >= 15 is 0 Å². The molecular weight excluding hydrogens is 332 g/mol. The van der Waals surface area contributed by atoms with Crippen molar-refractivity contribution in [1.29, 1.82) is 0 Å². The molecule has 0 bridgehead atoms. The molecular formula is C20H24N2O4. The molecule has 0 spiro atoms. The first-order valence-corrected chi connectivity index (χ1v) is 8.43. The van der Waals surface area contributed by atoms with Crippen molar-refractivity contribution in [2.24, 2.45) is 0 Å². The van der Waals surface area contributed by atoms with E-state index in [0.29, 0.717) is 23.7 Å². The third-order valence-corrected chi connectivity index (χ3v) is 3.77. The minimum absolute atomic E-state index is 0.0380. The van der Waals surface area contributed by atoms with E-state index in [2.05, 4.69) is 5.32 Å². The summed E-state index contributed by atoms with van der Waals surface area (Å²) in [5, 5.41) is 2.76. The number of aryl methyl sites for hydroxylation is 1. The quantitative estimate of drug-likeness (QED) is 0.790. The molecule has 2 aromatic carbocycles. The predicted octanol–water partition coefficient (Wildman–Crippen LogP) is 2.87. The van der Waals surface area contributed by atoms with Gasteiger partial charge < -0.3 is 19.7 Å². The normalized spacial score (nSPS) is 10.1. The minimum atomic E-state index is -0.274. The highest BCUT2D eigenvalue weighted by molar-refractivity contribution is 5.94. The van der Waals surface area contributed by atoms with Gasteiger partial charge in [-0.3, -0.25) is 9.59 Å². The van der Waals surface area contributed by atoms with Crippen LogP contribution in [0.5, 0.6) is 11.5 Å². The standard InChI is InChI=1S/C20H24N2O4/c1-4-22(20(24)14-26-18-10-5-7-15(2)11-18)13-19(23)21-16-8-6-9-17(12-16)25-3/h5-12H,4,13-14H2,1-3H3,(H,21,23). The average Bonchev–Trinajstić information content (AvgIpc) is 2.64. The smallest absolute Gasteiger partial charge is 0.260 e. The molecule has 6 heteroatoms. The van der Waals surface area contributed by atoms with E-state index in [1.807, 2.05) is 32.0 Å². The average molecular weight is 356 g/mol. The highest BCUT2D eigenvalue weighted by Gasteiger charge is 2.16. The number of carbonyl (C=O) groups excluding carboxylic acids is 2. The van der Waals surface area contributed by atoms with Gasteiger partial charge in [-0.05, 0) is 43.7 Å². The van der Waals surface area contributed by atoms with Crippen molar-refractivity contribution in [3.63, 3.8) is 0 Å². The number of amides is 2. The van der Waals surface area contributed by atoms with Crippen LogP contribution in [-0.2, 0) is 9.59 Å². The molecule has 0 atom stereocenters. The maximum absolute atomic E-state index is 12.3. The lowest BCUT2D eigenvalue weighted by Gasteiger charge is -2.20. The summed E-state index contributed by atoms with van der Waals surface area (Å²) >= 11 is 0. The topological polar surface area (TPSA) is 67.9 Å². The summed E-state index contributed by atoms with van der Waals surface area (Å²) in [5.74, 6) is 0.770. The van der Waals surface area contributed by atoms with Gasteiger partial charge in [-0.1, -0.05) is 18.2 Å². The van der Waals surface area contributed by atoms with Crippen LogP contribution in [0.1, 0.15) is 12.5 Å². The Kier molecular flexibility index (Phi) is 7.02. The van der Waals surface area contributed by atoms with E-state index in [1.54, 1.807) is 37.4 Å². The van der Waals surface area contributed by atoms with Crippen LogP contribution >= 0.6 is 0 Å². The van der Waals surface area contributed by atoms with Crippen molar-refractivity contribution in [3.8, 4) is 11.5 Å². The third kappa shape index (κ3) is 5.81. The second-order valence-corrected chi connectivity index (χ2v) is 5.79. The van der Waals surface area contributed by atoms with Crippen LogP contribution in [0.3, 0.4) is 0 Å². The number of carbonyl (C=O) groups is 2. The summed E-state index contributed by atoms with van der Waals surface area (Å²) in [6.45, 7) is 4.05. The zero-order valence-electron chi connectivity index (χ0n) is 15.3. The lowest BCUT2D eigenvalue weighted by atomic mass is 10.2. The molecule has 26 heavy (non-hydrogen) atoms. The lowest BCUT2D eigenvalue weighted by Crippen LogP contribution is -2.40. The van der Waals surface area contributed by atoms with Crippen LogP contribution in [0.2, 0.25) is 0 Å². The fraction of sp³-hybridized carbons (Fsp3) is 0.300. The minimum Gasteiger partial charge on any atom is -0.497 e. The molecule has 0 heterocycles. The highest BCUT2D eigenvalue weighted by Crippen LogP contribution is 2.16. The van der Waals surface area contributed by atoms with Gasteiger partial charge in [-0.15, -0.1) is 0 Å². The Labute approximate surface area is 153 Å². The number of hydrogen-bond donors (Lipinski definition) is 1. The zero-order valence-corrected chi connectivity index (χ0v) is 15.3. The predicted molar refractivity (Wildman–Crippen MR) is 101 cm³/mol. The van der Waals surface area contributed by atoms with Gasteiger partial charge in [0.1, 0.15) is 11.5 Å². The number of ether oxygens (including phenoxy) is 2. The molecule has 0 aliphatic heterocycles. The van der Waals surface area contributed by atoms with Gasteiger partial charge in [-0.25, -0.2) is 0 Å². The fourth-order valence-electron chi connectivity index (χ4n) is 2.39. The molecule has 0 radical (unpaired) electrons. The van der Waals surface area contributed by atoms with Gasteiger partial charge in [0, 0.05) is 18.3 Å². The first-order valence-electron chi connectivity index (χ1n) is 8.43. The zero-order chi connectivity index (χ0) is 18.9. The summed E-state index contributed by atoms with van der Waals surface area (Å²) in [6.07, 6.45) is 0. The van der Waals surface area contributed by atoms with Crippen molar-refractivity contribution in [3.05, 3.63) is 54.1 Å². The largest absolute Gasteiger partial charge is 0.497 e. The second kappa shape index (κ2) is 9.46. The number of nitrogens with zero attached hydrogens (tertiary/aromatic N) is 1. The molecule has 0 aliphatic rings. The first kappa shape index (κ1) is 19.3. The van der Waals surface area contributed by atoms with Crippen molar-refractivity contribution >= 4 is 17.5 Å². The summed E-state index contributed by atoms with van der Waals surface area (Å²) in [7, 11) is 1.56. The van der Waals surface area contributed by atoms with Gasteiger partial charge in [0.2, 0.25) is 5.91 Å². The number of rotatable bonds is 8. The van der Waals surface area contributed by atoms with Gasteiger partial charge in [0.05, 0.1) is 13.7 Å². The van der Waals surface area contributed by atoms with Crippen molar-refractivity contribution in [2.75, 3.05) is 32.1 Å². The molecule has 0 aromatic heterocycles. The van der Waals surface area contributed by atoms with Crippen LogP contribution < -0.4 is 14.8 Å².